The van der Waals surface area contributed by atoms with Crippen molar-refractivity contribution in [3.63, 3.8) is 0 Å². The van der Waals surface area contributed by atoms with Gasteiger partial charge in [-0.1, -0.05) is 0 Å². The lowest BCUT2D eigenvalue weighted by Gasteiger charge is -2.00. The van der Waals surface area contributed by atoms with Crippen LogP contribution in [0.25, 0.3) is 11.0 Å². The molecule has 0 atom stereocenters. The van der Waals surface area contributed by atoms with E-state index in [1.807, 2.05) is 18.2 Å². The van der Waals surface area contributed by atoms with E-state index >= 15 is 0 Å². The molecule has 0 aliphatic heterocycles. The average molecular weight is 192 g/mol. The van der Waals surface area contributed by atoms with Gasteiger partial charge in [0.25, 0.3) is 0 Å². The van der Waals surface area contributed by atoms with Crippen LogP contribution >= 0.6 is 0 Å². The smallest absolute Gasteiger partial charge is 0.324 e. The number of hydrazine groups is 1. The Bertz CT molecular complexity index is 537. The fraction of sp³-hybridized carbons (Fsp3) is 0.222. The highest BCUT2D eigenvalue weighted by Gasteiger charge is 2.06. The third-order valence-corrected chi connectivity index (χ3v) is 2.44. The van der Waals surface area contributed by atoms with Crippen LogP contribution in [0.5, 0.6) is 0 Å². The maximum atomic E-state index is 11.6. The van der Waals surface area contributed by atoms with Gasteiger partial charge >= 0.3 is 5.69 Å². The highest BCUT2D eigenvalue weighted by molar-refractivity contribution is 5.80. The average Bonchev–Trinajstić information content (AvgIpc) is 2.44. The number of anilines is 1. The molecule has 0 saturated carbocycles. The largest absolute Gasteiger partial charge is 0.328 e. The quantitative estimate of drug-likeness (QED) is 0.499. The van der Waals surface area contributed by atoms with Crippen molar-refractivity contribution in [1.29, 1.82) is 0 Å². The minimum atomic E-state index is -0.0332. The number of rotatable bonds is 1. The van der Waals surface area contributed by atoms with Crippen LogP contribution in [0.15, 0.2) is 23.0 Å². The minimum Gasteiger partial charge on any atom is -0.324 e. The molecule has 0 aliphatic carbocycles. The first-order valence-corrected chi connectivity index (χ1v) is 4.27. The summed E-state index contributed by atoms with van der Waals surface area (Å²) in [6.07, 6.45) is 0. The number of aromatic nitrogens is 2. The van der Waals surface area contributed by atoms with E-state index in [1.165, 1.54) is 0 Å². The van der Waals surface area contributed by atoms with E-state index < -0.39 is 0 Å². The molecule has 1 aromatic carbocycles. The molecule has 2 aromatic rings. The van der Waals surface area contributed by atoms with Crippen molar-refractivity contribution in [2.75, 3.05) is 5.43 Å². The molecule has 0 amide bonds. The highest BCUT2D eigenvalue weighted by atomic mass is 16.1. The topological polar surface area (TPSA) is 65.0 Å². The Labute approximate surface area is 80.7 Å². The van der Waals surface area contributed by atoms with E-state index in [-0.39, 0.29) is 5.69 Å². The van der Waals surface area contributed by atoms with Gasteiger partial charge in [0.1, 0.15) is 0 Å². The van der Waals surface area contributed by atoms with Crippen LogP contribution in [-0.2, 0) is 14.1 Å². The lowest BCUT2D eigenvalue weighted by atomic mass is 10.3. The fourth-order valence-electron chi connectivity index (χ4n) is 1.60. The van der Waals surface area contributed by atoms with Crippen molar-refractivity contribution in [2.45, 2.75) is 0 Å². The van der Waals surface area contributed by atoms with Crippen LogP contribution in [0.2, 0.25) is 0 Å². The Morgan fingerprint density at radius 1 is 1.21 bits per heavy atom. The van der Waals surface area contributed by atoms with E-state index in [1.54, 1.807) is 23.2 Å². The number of fused-ring (bicyclic) bond motifs is 1. The summed E-state index contributed by atoms with van der Waals surface area (Å²) in [6, 6.07) is 5.55. The lowest BCUT2D eigenvalue weighted by Crippen LogP contribution is -2.19. The summed E-state index contributed by atoms with van der Waals surface area (Å²) in [4.78, 5) is 11.6. The molecule has 0 aliphatic rings. The van der Waals surface area contributed by atoms with Crippen molar-refractivity contribution in [2.24, 2.45) is 19.9 Å². The van der Waals surface area contributed by atoms with Crippen molar-refractivity contribution < 1.29 is 0 Å². The molecule has 3 N–H and O–H groups in total. The van der Waals surface area contributed by atoms with Gasteiger partial charge in [-0.15, -0.1) is 0 Å². The third-order valence-electron chi connectivity index (χ3n) is 2.44. The van der Waals surface area contributed by atoms with Crippen LogP contribution in [-0.4, -0.2) is 9.13 Å². The van der Waals surface area contributed by atoms with Gasteiger partial charge in [-0.25, -0.2) is 4.79 Å². The zero-order chi connectivity index (χ0) is 10.3. The first kappa shape index (κ1) is 8.83. The molecule has 1 aromatic heterocycles. The number of nitrogens with zero attached hydrogens (tertiary/aromatic N) is 2. The van der Waals surface area contributed by atoms with Crippen LogP contribution in [0.3, 0.4) is 0 Å². The maximum absolute atomic E-state index is 11.6. The number of nitrogens with two attached hydrogens (primary N) is 1. The van der Waals surface area contributed by atoms with Gasteiger partial charge in [-0.3, -0.25) is 15.0 Å². The van der Waals surface area contributed by atoms with Gasteiger partial charge in [0.2, 0.25) is 0 Å². The van der Waals surface area contributed by atoms with Gasteiger partial charge in [0, 0.05) is 14.1 Å². The zero-order valence-corrected chi connectivity index (χ0v) is 8.11. The first-order chi connectivity index (χ1) is 6.65. The third kappa shape index (κ3) is 1.03. The van der Waals surface area contributed by atoms with Crippen molar-refractivity contribution in [3.8, 4) is 0 Å². The number of nitrogen functional groups attached to an aromatic ring is 1. The van der Waals surface area contributed by atoms with E-state index in [2.05, 4.69) is 5.43 Å². The molecule has 14 heavy (non-hydrogen) atoms. The number of imidazole rings is 1. The van der Waals surface area contributed by atoms with Crippen molar-refractivity contribution in [1.82, 2.24) is 9.13 Å². The molecule has 74 valence electrons. The molecule has 0 bridgehead atoms. The fourth-order valence-corrected chi connectivity index (χ4v) is 1.60. The normalized spacial score (nSPS) is 10.8. The van der Waals surface area contributed by atoms with Gasteiger partial charge in [-0.05, 0) is 18.2 Å². The number of hydrogen-bond donors (Lipinski definition) is 2. The summed E-state index contributed by atoms with van der Waals surface area (Å²) >= 11 is 0. The molecule has 2 rings (SSSR count). The van der Waals surface area contributed by atoms with E-state index in [0.29, 0.717) is 0 Å². The molecule has 5 nitrogen and oxygen atoms in total. The molecule has 1 heterocycles. The molecule has 0 radical (unpaired) electrons. The number of nitrogens with one attached hydrogen (secondary N) is 1. The number of hydrogen-bond acceptors (Lipinski definition) is 3. The van der Waals surface area contributed by atoms with Crippen LogP contribution in [0.4, 0.5) is 5.69 Å². The monoisotopic (exact) mass is 192 g/mol. The Morgan fingerprint density at radius 3 is 2.50 bits per heavy atom. The summed E-state index contributed by atoms with van der Waals surface area (Å²) < 4.78 is 3.20. The second kappa shape index (κ2) is 2.88. The first-order valence-electron chi connectivity index (χ1n) is 4.27. The Morgan fingerprint density at radius 2 is 1.86 bits per heavy atom. The van der Waals surface area contributed by atoms with Crippen molar-refractivity contribution >= 4 is 16.7 Å². The summed E-state index contributed by atoms with van der Waals surface area (Å²) in [7, 11) is 3.49. The second-order valence-electron chi connectivity index (χ2n) is 3.25. The molecular formula is C9H12N4O. The Hall–Kier alpha value is -1.75. The Balaban J connectivity index is 2.89. The van der Waals surface area contributed by atoms with Gasteiger partial charge in [-0.2, -0.15) is 0 Å². The van der Waals surface area contributed by atoms with E-state index in [4.69, 9.17) is 5.84 Å². The zero-order valence-electron chi connectivity index (χ0n) is 8.11. The van der Waals surface area contributed by atoms with Gasteiger partial charge in [0.05, 0.1) is 16.7 Å². The molecule has 0 saturated heterocycles. The molecule has 5 heteroatoms. The van der Waals surface area contributed by atoms with E-state index in [9.17, 15) is 4.79 Å². The second-order valence-corrected chi connectivity index (χ2v) is 3.25. The highest BCUT2D eigenvalue weighted by Crippen LogP contribution is 2.16. The van der Waals surface area contributed by atoms with Crippen molar-refractivity contribution in [3.05, 3.63) is 28.7 Å². The standard InChI is InChI=1S/C9H12N4O/c1-12-7-4-3-6(11-10)5-8(7)13(2)9(12)14/h3-5,11H,10H2,1-2H3. The summed E-state index contributed by atoms with van der Waals surface area (Å²) in [5.74, 6) is 5.29. The SMILES string of the molecule is Cn1c(=O)n(C)c2cc(NN)ccc21. The molecular weight excluding hydrogens is 180 g/mol. The van der Waals surface area contributed by atoms with Crippen LogP contribution < -0.4 is 17.0 Å². The number of aryl methyl sites for hydroxylation is 2. The van der Waals surface area contributed by atoms with E-state index in [0.717, 1.165) is 16.7 Å². The van der Waals surface area contributed by atoms with Crippen LogP contribution in [0, 0.1) is 0 Å². The Kier molecular flexibility index (Phi) is 1.82. The summed E-state index contributed by atoms with van der Waals surface area (Å²) in [6.45, 7) is 0. The van der Waals surface area contributed by atoms with Crippen LogP contribution in [0.1, 0.15) is 0 Å². The lowest BCUT2D eigenvalue weighted by molar-refractivity contribution is 0.795. The summed E-state index contributed by atoms with van der Waals surface area (Å²) in [5, 5.41) is 0. The summed E-state index contributed by atoms with van der Waals surface area (Å²) in [5.41, 5.74) is 5.08. The molecule has 0 unspecified atom stereocenters. The molecule has 0 fully saturated rings. The number of benzene rings is 1. The predicted octanol–water partition coefficient (Wildman–Crippen LogP) is 0.163. The van der Waals surface area contributed by atoms with Gasteiger partial charge < -0.3 is 5.43 Å². The molecule has 0 spiro atoms. The minimum absolute atomic E-state index is 0.0332. The maximum Gasteiger partial charge on any atom is 0.328 e. The van der Waals surface area contributed by atoms with Gasteiger partial charge in [0.15, 0.2) is 0 Å². The predicted molar refractivity (Wildman–Crippen MR) is 56.0 cm³/mol.